The molecule has 100 valence electrons. The fraction of sp³-hybridized carbons (Fsp3) is 0.143. The van der Waals surface area contributed by atoms with Gasteiger partial charge < -0.3 is 9.84 Å². The lowest BCUT2D eigenvalue weighted by atomic mass is 10.1. The van der Waals surface area contributed by atoms with Crippen LogP contribution in [0, 0.1) is 5.82 Å². The summed E-state index contributed by atoms with van der Waals surface area (Å²) in [6, 6.07) is 9.77. The van der Waals surface area contributed by atoms with Gasteiger partial charge in [-0.2, -0.15) is 0 Å². The Bertz CT molecular complexity index is 600. The van der Waals surface area contributed by atoms with Gasteiger partial charge in [-0.25, -0.2) is 4.39 Å². The van der Waals surface area contributed by atoms with Crippen molar-refractivity contribution in [2.24, 2.45) is 0 Å². The molecule has 0 aromatic heterocycles. The van der Waals surface area contributed by atoms with Gasteiger partial charge in [-0.1, -0.05) is 6.07 Å². The van der Waals surface area contributed by atoms with Gasteiger partial charge in [0.15, 0.2) is 0 Å². The molecule has 1 atom stereocenters. The lowest BCUT2D eigenvalue weighted by Gasteiger charge is -2.11. The molecule has 2 aromatic rings. The topological polar surface area (TPSA) is 29.5 Å². The van der Waals surface area contributed by atoms with E-state index in [1.165, 1.54) is 6.07 Å². The maximum atomic E-state index is 13.1. The van der Waals surface area contributed by atoms with Gasteiger partial charge in [0.25, 0.3) is 0 Å². The number of hydrogen-bond donors (Lipinski definition) is 1. The molecule has 0 fully saturated rings. The zero-order valence-corrected chi connectivity index (χ0v) is 13.2. The highest BCUT2D eigenvalue weighted by atomic mass is 79.9. The predicted molar refractivity (Wildman–Crippen MR) is 78.9 cm³/mol. The smallest absolute Gasteiger partial charge is 0.141 e. The van der Waals surface area contributed by atoms with Gasteiger partial charge in [0, 0.05) is 0 Å². The third-order valence-corrected chi connectivity index (χ3v) is 3.78. The number of hydrogen-bond acceptors (Lipinski definition) is 2. The Hall–Kier alpha value is -0.910. The Morgan fingerprint density at radius 1 is 1.11 bits per heavy atom. The van der Waals surface area contributed by atoms with Crippen molar-refractivity contribution in [3.05, 3.63) is 56.7 Å². The maximum absolute atomic E-state index is 13.1. The van der Waals surface area contributed by atoms with E-state index in [9.17, 15) is 9.50 Å². The van der Waals surface area contributed by atoms with E-state index in [4.69, 9.17) is 4.74 Å². The minimum atomic E-state index is -0.537. The first-order chi connectivity index (χ1) is 8.97. The quantitative estimate of drug-likeness (QED) is 0.781. The van der Waals surface area contributed by atoms with E-state index in [1.807, 2.05) is 0 Å². The first-order valence-electron chi connectivity index (χ1n) is 5.58. The van der Waals surface area contributed by atoms with Gasteiger partial charge in [0.05, 0.1) is 15.0 Å². The number of halogens is 3. The fourth-order valence-corrected chi connectivity index (χ4v) is 2.36. The van der Waals surface area contributed by atoms with Gasteiger partial charge in [-0.15, -0.1) is 0 Å². The second kappa shape index (κ2) is 6.03. The molecule has 0 unspecified atom stereocenters. The molecule has 0 aliphatic rings. The molecule has 0 aliphatic heterocycles. The van der Waals surface area contributed by atoms with E-state index in [0.717, 1.165) is 10.0 Å². The standard InChI is InChI=1S/C14H11Br2FO2/c1-8(18)9-2-5-14(12(16)6-9)19-10-3-4-13(17)11(15)7-10/h2-8,18H,1H3/t8-/m0/s1. The second-order valence-electron chi connectivity index (χ2n) is 4.04. The van der Waals surface area contributed by atoms with Crippen molar-refractivity contribution in [2.75, 3.05) is 0 Å². The molecule has 2 aromatic carbocycles. The van der Waals surface area contributed by atoms with Crippen LogP contribution in [0.4, 0.5) is 4.39 Å². The summed E-state index contributed by atoms with van der Waals surface area (Å²) < 4.78 is 19.9. The molecule has 0 amide bonds. The molecular formula is C14H11Br2FO2. The number of rotatable bonds is 3. The number of ether oxygens (including phenoxy) is 1. The van der Waals surface area contributed by atoms with Gasteiger partial charge >= 0.3 is 0 Å². The molecule has 0 saturated heterocycles. The average molecular weight is 390 g/mol. The summed E-state index contributed by atoms with van der Waals surface area (Å²) in [5.74, 6) is 0.789. The third kappa shape index (κ3) is 3.55. The summed E-state index contributed by atoms with van der Waals surface area (Å²) in [7, 11) is 0. The van der Waals surface area contributed by atoms with Crippen LogP contribution in [-0.4, -0.2) is 5.11 Å². The van der Waals surface area contributed by atoms with Crippen LogP contribution in [-0.2, 0) is 0 Å². The molecule has 0 heterocycles. The van der Waals surface area contributed by atoms with E-state index in [2.05, 4.69) is 31.9 Å². The molecule has 0 radical (unpaired) electrons. The third-order valence-electron chi connectivity index (χ3n) is 2.56. The summed E-state index contributed by atoms with van der Waals surface area (Å²) in [5.41, 5.74) is 0.791. The van der Waals surface area contributed by atoms with Gasteiger partial charge in [-0.3, -0.25) is 0 Å². The van der Waals surface area contributed by atoms with Crippen LogP contribution in [0.5, 0.6) is 11.5 Å². The monoisotopic (exact) mass is 388 g/mol. The zero-order chi connectivity index (χ0) is 14.0. The second-order valence-corrected chi connectivity index (χ2v) is 5.75. The van der Waals surface area contributed by atoms with Crippen molar-refractivity contribution in [1.82, 2.24) is 0 Å². The summed E-state index contributed by atoms with van der Waals surface area (Å²) in [4.78, 5) is 0. The first kappa shape index (κ1) is 14.5. The molecule has 0 aliphatic carbocycles. The van der Waals surface area contributed by atoms with Gasteiger partial charge in [0.2, 0.25) is 0 Å². The summed E-state index contributed by atoms with van der Waals surface area (Å²) in [6.45, 7) is 1.69. The Balaban J connectivity index is 2.25. The van der Waals surface area contributed by atoms with Crippen LogP contribution in [0.25, 0.3) is 0 Å². The number of aliphatic hydroxyl groups excluding tert-OH is 1. The minimum Gasteiger partial charge on any atom is -0.456 e. The molecule has 1 N–H and O–H groups in total. The summed E-state index contributed by atoms with van der Waals surface area (Å²) in [6.07, 6.45) is -0.537. The lowest BCUT2D eigenvalue weighted by molar-refractivity contribution is 0.199. The Kier molecular flexibility index (Phi) is 4.60. The average Bonchev–Trinajstić information content (AvgIpc) is 2.36. The van der Waals surface area contributed by atoms with Gasteiger partial charge in [-0.05, 0) is 74.7 Å². The predicted octanol–water partition coefficient (Wildman–Crippen LogP) is 5.20. The Labute approximate surface area is 127 Å². The molecule has 0 bridgehead atoms. The largest absolute Gasteiger partial charge is 0.456 e. The van der Waals surface area contributed by atoms with Crippen LogP contribution < -0.4 is 4.74 Å². The highest BCUT2D eigenvalue weighted by molar-refractivity contribution is 9.10. The molecule has 0 spiro atoms. The van der Waals surface area contributed by atoms with E-state index < -0.39 is 6.10 Å². The zero-order valence-electron chi connectivity index (χ0n) is 10.0. The van der Waals surface area contributed by atoms with Crippen molar-refractivity contribution in [1.29, 1.82) is 0 Å². The van der Waals surface area contributed by atoms with E-state index in [1.54, 1.807) is 37.3 Å². The fourth-order valence-electron chi connectivity index (χ4n) is 1.53. The van der Waals surface area contributed by atoms with E-state index >= 15 is 0 Å². The number of aliphatic hydroxyl groups is 1. The molecule has 5 heteroatoms. The minimum absolute atomic E-state index is 0.337. The van der Waals surface area contributed by atoms with Crippen molar-refractivity contribution in [3.63, 3.8) is 0 Å². The molecule has 2 rings (SSSR count). The van der Waals surface area contributed by atoms with Crippen LogP contribution in [0.2, 0.25) is 0 Å². The number of benzene rings is 2. The van der Waals surface area contributed by atoms with Crippen LogP contribution in [0.15, 0.2) is 45.3 Å². The molecule has 0 saturated carbocycles. The first-order valence-corrected chi connectivity index (χ1v) is 7.16. The summed E-state index contributed by atoms with van der Waals surface area (Å²) in [5, 5.41) is 9.49. The van der Waals surface area contributed by atoms with E-state index in [0.29, 0.717) is 16.0 Å². The van der Waals surface area contributed by atoms with Crippen molar-refractivity contribution < 1.29 is 14.2 Å². The van der Waals surface area contributed by atoms with Gasteiger partial charge in [0.1, 0.15) is 17.3 Å². The van der Waals surface area contributed by atoms with Crippen molar-refractivity contribution in [2.45, 2.75) is 13.0 Å². The Morgan fingerprint density at radius 3 is 2.42 bits per heavy atom. The maximum Gasteiger partial charge on any atom is 0.141 e. The van der Waals surface area contributed by atoms with Crippen LogP contribution in [0.3, 0.4) is 0 Å². The van der Waals surface area contributed by atoms with Crippen LogP contribution in [0.1, 0.15) is 18.6 Å². The van der Waals surface area contributed by atoms with Crippen LogP contribution >= 0.6 is 31.9 Å². The normalized spacial score (nSPS) is 12.3. The highest BCUT2D eigenvalue weighted by Crippen LogP contribution is 2.33. The Morgan fingerprint density at radius 2 is 1.84 bits per heavy atom. The SMILES string of the molecule is C[C@H](O)c1ccc(Oc2ccc(F)c(Br)c2)c(Br)c1. The lowest BCUT2D eigenvalue weighted by Crippen LogP contribution is -1.92. The van der Waals surface area contributed by atoms with Crippen molar-refractivity contribution in [3.8, 4) is 11.5 Å². The highest BCUT2D eigenvalue weighted by Gasteiger charge is 2.08. The molecule has 19 heavy (non-hydrogen) atoms. The summed E-state index contributed by atoms with van der Waals surface area (Å²) >= 11 is 6.49. The molecular weight excluding hydrogens is 379 g/mol. The van der Waals surface area contributed by atoms with E-state index in [-0.39, 0.29) is 5.82 Å². The molecule has 2 nitrogen and oxygen atoms in total. The van der Waals surface area contributed by atoms with Crippen molar-refractivity contribution >= 4 is 31.9 Å².